The van der Waals surface area contributed by atoms with Crippen LogP contribution in [0.1, 0.15) is 17.5 Å². The molecule has 0 saturated carbocycles. The number of carbonyl (C=O) groups is 1. The molecule has 7 heteroatoms. The van der Waals surface area contributed by atoms with Crippen molar-refractivity contribution < 1.29 is 18.8 Å². The summed E-state index contributed by atoms with van der Waals surface area (Å²) in [7, 11) is 1.55. The van der Waals surface area contributed by atoms with E-state index in [2.05, 4.69) is 10.5 Å². The molecule has 1 N–H and O–H groups in total. The second-order valence-electron chi connectivity index (χ2n) is 7.48. The number of anilines is 1. The number of urea groups is 1. The molecule has 4 rings (SSSR count). The highest BCUT2D eigenvalue weighted by molar-refractivity contribution is 6.01. The molecule has 0 fully saturated rings. The normalized spacial score (nSPS) is 14.9. The first kappa shape index (κ1) is 21.4. The number of methoxy groups -OCH3 is 1. The van der Waals surface area contributed by atoms with Crippen LogP contribution in [0.5, 0.6) is 5.75 Å². The lowest BCUT2D eigenvalue weighted by atomic mass is 10.0. The molecular formula is C25H24FN3O3. The van der Waals surface area contributed by atoms with Crippen molar-refractivity contribution in [3.8, 4) is 5.75 Å². The SMILES string of the molecule is COc1ccccc1NC(=O)N(Cc1cccc(F)c1)CC1CC(c2ccccc2)=NO1. The lowest BCUT2D eigenvalue weighted by Crippen LogP contribution is -2.40. The maximum absolute atomic E-state index is 13.7. The number of nitrogens with one attached hydrogen (secondary N) is 1. The summed E-state index contributed by atoms with van der Waals surface area (Å²) in [4.78, 5) is 20.4. The highest BCUT2D eigenvalue weighted by atomic mass is 19.1. The van der Waals surface area contributed by atoms with Gasteiger partial charge in [0, 0.05) is 13.0 Å². The molecule has 1 heterocycles. The van der Waals surface area contributed by atoms with Crippen LogP contribution >= 0.6 is 0 Å². The van der Waals surface area contributed by atoms with Crippen LogP contribution in [0, 0.1) is 5.82 Å². The minimum Gasteiger partial charge on any atom is -0.495 e. The lowest BCUT2D eigenvalue weighted by Gasteiger charge is -2.25. The number of para-hydroxylation sites is 2. The Labute approximate surface area is 186 Å². The van der Waals surface area contributed by atoms with E-state index in [0.29, 0.717) is 23.4 Å². The highest BCUT2D eigenvalue weighted by Crippen LogP contribution is 2.24. The Balaban J connectivity index is 1.49. The number of hydrogen-bond acceptors (Lipinski definition) is 4. The maximum Gasteiger partial charge on any atom is 0.322 e. The Bertz CT molecular complexity index is 1100. The Morgan fingerprint density at radius 1 is 1.12 bits per heavy atom. The molecule has 3 aromatic carbocycles. The van der Waals surface area contributed by atoms with Gasteiger partial charge in [-0.3, -0.25) is 0 Å². The number of amides is 2. The molecule has 1 aliphatic heterocycles. The zero-order chi connectivity index (χ0) is 22.3. The molecule has 1 unspecified atom stereocenters. The third kappa shape index (κ3) is 5.24. The van der Waals surface area contributed by atoms with Crippen LogP contribution < -0.4 is 10.1 Å². The van der Waals surface area contributed by atoms with Gasteiger partial charge in [-0.15, -0.1) is 0 Å². The summed E-state index contributed by atoms with van der Waals surface area (Å²) in [6, 6.07) is 22.8. The van der Waals surface area contributed by atoms with Gasteiger partial charge < -0.3 is 19.8 Å². The number of oxime groups is 1. The second-order valence-corrected chi connectivity index (χ2v) is 7.48. The van der Waals surface area contributed by atoms with Gasteiger partial charge in [0.05, 0.1) is 25.1 Å². The molecule has 0 aliphatic carbocycles. The predicted molar refractivity (Wildman–Crippen MR) is 121 cm³/mol. The Kier molecular flexibility index (Phi) is 6.65. The third-order valence-corrected chi connectivity index (χ3v) is 5.16. The van der Waals surface area contributed by atoms with E-state index in [1.807, 2.05) is 42.5 Å². The van der Waals surface area contributed by atoms with Crippen molar-refractivity contribution in [2.24, 2.45) is 5.16 Å². The zero-order valence-corrected chi connectivity index (χ0v) is 17.7. The van der Waals surface area contributed by atoms with E-state index in [-0.39, 0.29) is 31.0 Å². The van der Waals surface area contributed by atoms with Crippen molar-refractivity contribution in [2.45, 2.75) is 19.1 Å². The first-order chi connectivity index (χ1) is 15.6. The summed E-state index contributed by atoms with van der Waals surface area (Å²) in [6.45, 7) is 0.511. The van der Waals surface area contributed by atoms with Crippen LogP contribution in [0.25, 0.3) is 0 Å². The molecule has 32 heavy (non-hydrogen) atoms. The average Bonchev–Trinajstić information content (AvgIpc) is 3.28. The first-order valence-corrected chi connectivity index (χ1v) is 10.3. The van der Waals surface area contributed by atoms with Crippen molar-refractivity contribution in [3.63, 3.8) is 0 Å². The van der Waals surface area contributed by atoms with Gasteiger partial charge in [0.1, 0.15) is 11.6 Å². The number of hydrogen-bond donors (Lipinski definition) is 1. The molecule has 164 valence electrons. The Morgan fingerprint density at radius 3 is 2.69 bits per heavy atom. The van der Waals surface area contributed by atoms with Crippen LogP contribution in [0.3, 0.4) is 0 Å². The predicted octanol–water partition coefficient (Wildman–Crippen LogP) is 5.06. The van der Waals surface area contributed by atoms with Crippen LogP contribution in [0.4, 0.5) is 14.9 Å². The van der Waals surface area contributed by atoms with Gasteiger partial charge in [-0.05, 0) is 35.4 Å². The summed E-state index contributed by atoms with van der Waals surface area (Å²) in [5, 5.41) is 7.10. The first-order valence-electron chi connectivity index (χ1n) is 10.3. The van der Waals surface area contributed by atoms with E-state index in [9.17, 15) is 9.18 Å². The fourth-order valence-corrected chi connectivity index (χ4v) is 3.59. The summed E-state index contributed by atoms with van der Waals surface area (Å²) in [5.74, 6) is 0.206. The van der Waals surface area contributed by atoms with Gasteiger partial charge in [0.15, 0.2) is 6.10 Å². The van der Waals surface area contributed by atoms with E-state index in [1.54, 1.807) is 36.3 Å². The van der Waals surface area contributed by atoms with Crippen molar-refractivity contribution in [1.82, 2.24) is 4.90 Å². The monoisotopic (exact) mass is 433 g/mol. The molecule has 0 aromatic heterocycles. The van der Waals surface area contributed by atoms with Gasteiger partial charge in [-0.25, -0.2) is 9.18 Å². The molecular weight excluding hydrogens is 409 g/mol. The number of benzene rings is 3. The van der Waals surface area contributed by atoms with E-state index >= 15 is 0 Å². The fourth-order valence-electron chi connectivity index (χ4n) is 3.59. The number of nitrogens with zero attached hydrogens (tertiary/aromatic N) is 2. The van der Waals surface area contributed by atoms with Gasteiger partial charge in [0.2, 0.25) is 0 Å². The molecule has 0 spiro atoms. The summed E-state index contributed by atoms with van der Waals surface area (Å²) in [5.41, 5.74) is 3.07. The van der Waals surface area contributed by atoms with Gasteiger partial charge in [-0.2, -0.15) is 0 Å². The largest absolute Gasteiger partial charge is 0.495 e. The van der Waals surface area contributed by atoms with Crippen LogP contribution in [-0.4, -0.2) is 36.4 Å². The molecule has 2 amide bonds. The van der Waals surface area contributed by atoms with Gasteiger partial charge in [0.25, 0.3) is 0 Å². The van der Waals surface area contributed by atoms with Crippen LogP contribution in [-0.2, 0) is 11.4 Å². The molecule has 1 aliphatic rings. The third-order valence-electron chi connectivity index (χ3n) is 5.16. The van der Waals surface area contributed by atoms with Crippen molar-refractivity contribution >= 4 is 17.4 Å². The smallest absolute Gasteiger partial charge is 0.322 e. The van der Waals surface area contributed by atoms with Crippen molar-refractivity contribution in [3.05, 3.63) is 95.8 Å². The van der Waals surface area contributed by atoms with Gasteiger partial charge >= 0.3 is 6.03 Å². The lowest BCUT2D eigenvalue weighted by molar-refractivity contribution is 0.0608. The summed E-state index contributed by atoms with van der Waals surface area (Å²) >= 11 is 0. The number of carbonyl (C=O) groups excluding carboxylic acids is 1. The molecule has 0 radical (unpaired) electrons. The highest BCUT2D eigenvalue weighted by Gasteiger charge is 2.27. The van der Waals surface area contributed by atoms with Crippen LogP contribution in [0.2, 0.25) is 0 Å². The second kappa shape index (κ2) is 9.96. The molecule has 1 atom stereocenters. The topological polar surface area (TPSA) is 63.2 Å². The molecule has 3 aromatic rings. The summed E-state index contributed by atoms with van der Waals surface area (Å²) < 4.78 is 19.1. The zero-order valence-electron chi connectivity index (χ0n) is 17.7. The minimum atomic E-state index is -0.348. The number of halogens is 1. The van der Waals surface area contributed by atoms with Crippen molar-refractivity contribution in [2.75, 3.05) is 19.0 Å². The average molecular weight is 433 g/mol. The Morgan fingerprint density at radius 2 is 1.91 bits per heavy atom. The molecule has 0 bridgehead atoms. The van der Waals surface area contributed by atoms with E-state index < -0.39 is 0 Å². The Hall–Kier alpha value is -3.87. The molecule has 6 nitrogen and oxygen atoms in total. The van der Waals surface area contributed by atoms with E-state index in [1.165, 1.54) is 12.1 Å². The van der Waals surface area contributed by atoms with Crippen molar-refractivity contribution in [1.29, 1.82) is 0 Å². The standard InChI is InChI=1S/C25H24FN3O3/c1-31-24-13-6-5-12-22(24)27-25(30)29(16-18-8-7-11-20(26)14-18)17-21-15-23(28-32-21)19-9-3-2-4-10-19/h2-14,21H,15-17H2,1H3,(H,27,30). The summed E-state index contributed by atoms with van der Waals surface area (Å²) in [6.07, 6.45) is 0.271. The van der Waals surface area contributed by atoms with E-state index in [0.717, 1.165) is 11.3 Å². The molecule has 0 saturated heterocycles. The quantitative estimate of drug-likeness (QED) is 0.566. The van der Waals surface area contributed by atoms with E-state index in [4.69, 9.17) is 9.57 Å². The number of ether oxygens (including phenoxy) is 1. The van der Waals surface area contributed by atoms with Gasteiger partial charge in [-0.1, -0.05) is 59.8 Å². The maximum atomic E-state index is 13.7. The fraction of sp³-hybridized carbons (Fsp3) is 0.200. The van der Waals surface area contributed by atoms with Crippen LogP contribution in [0.15, 0.2) is 84.0 Å². The number of rotatable bonds is 7. The minimum absolute atomic E-state index is 0.222.